The number of amides is 2. The van der Waals surface area contributed by atoms with Crippen LogP contribution < -0.4 is 10.6 Å². The lowest BCUT2D eigenvalue weighted by Gasteiger charge is -2.14. The van der Waals surface area contributed by atoms with Crippen LogP contribution in [0.25, 0.3) is 0 Å². The summed E-state index contributed by atoms with van der Waals surface area (Å²) >= 11 is 0. The Morgan fingerprint density at radius 2 is 2.06 bits per heavy atom. The first-order chi connectivity index (χ1) is 8.43. The van der Waals surface area contributed by atoms with Crippen molar-refractivity contribution >= 4 is 17.7 Å². The van der Waals surface area contributed by atoms with Gasteiger partial charge in [0.1, 0.15) is 0 Å². The number of carboxylic acid groups (broad SMARTS) is 1. The molecule has 0 aliphatic heterocycles. The lowest BCUT2D eigenvalue weighted by molar-refractivity contribution is 0.0697. The first kappa shape index (κ1) is 14.0. The Bertz CT molecular complexity index is 458. The number of aryl methyl sites for hydroxylation is 1. The van der Waals surface area contributed by atoms with E-state index in [9.17, 15) is 9.59 Å². The molecule has 0 unspecified atom stereocenters. The van der Waals surface area contributed by atoms with Crippen LogP contribution in [0.5, 0.6) is 0 Å². The minimum Gasteiger partial charge on any atom is -0.478 e. The minimum atomic E-state index is -1.01. The van der Waals surface area contributed by atoms with Crippen molar-refractivity contribution in [2.75, 3.05) is 5.32 Å². The lowest BCUT2D eigenvalue weighted by atomic mass is 10.1. The van der Waals surface area contributed by atoms with Crippen molar-refractivity contribution in [1.29, 1.82) is 0 Å². The Labute approximate surface area is 106 Å². The predicted octanol–water partition coefficient (Wildman–Crippen LogP) is 2.61. The van der Waals surface area contributed by atoms with Gasteiger partial charge < -0.3 is 15.7 Å². The third kappa shape index (κ3) is 3.76. The number of carbonyl (C=O) groups excluding carboxylic acids is 1. The molecular formula is C13H18N2O3. The van der Waals surface area contributed by atoms with Crippen LogP contribution in [0.4, 0.5) is 10.5 Å². The fourth-order valence-corrected chi connectivity index (χ4v) is 1.37. The molecule has 1 rings (SSSR count). The Balaban J connectivity index is 2.80. The summed E-state index contributed by atoms with van der Waals surface area (Å²) in [5.74, 6) is -1.01. The first-order valence-electron chi connectivity index (χ1n) is 5.85. The number of hydrogen-bond acceptors (Lipinski definition) is 2. The van der Waals surface area contributed by atoms with Gasteiger partial charge in [0.15, 0.2) is 0 Å². The van der Waals surface area contributed by atoms with E-state index < -0.39 is 5.97 Å². The molecule has 0 radical (unpaired) electrons. The second-order valence-electron chi connectivity index (χ2n) is 4.24. The van der Waals surface area contributed by atoms with Gasteiger partial charge in [-0.15, -0.1) is 0 Å². The number of hydrogen-bond donors (Lipinski definition) is 3. The molecule has 3 N–H and O–H groups in total. The fraction of sp³-hybridized carbons (Fsp3) is 0.385. The topological polar surface area (TPSA) is 78.4 Å². The molecule has 1 aromatic carbocycles. The maximum Gasteiger partial charge on any atom is 0.335 e. The molecule has 2 amide bonds. The number of rotatable bonds is 4. The highest BCUT2D eigenvalue weighted by atomic mass is 16.4. The summed E-state index contributed by atoms with van der Waals surface area (Å²) in [6.07, 6.45) is 0.835. The van der Waals surface area contributed by atoms with Crippen molar-refractivity contribution in [3.63, 3.8) is 0 Å². The van der Waals surface area contributed by atoms with Crippen molar-refractivity contribution in [2.24, 2.45) is 0 Å². The molecule has 0 aromatic heterocycles. The quantitative estimate of drug-likeness (QED) is 0.768. The van der Waals surface area contributed by atoms with Crippen molar-refractivity contribution in [3.05, 3.63) is 29.3 Å². The molecule has 0 saturated carbocycles. The van der Waals surface area contributed by atoms with E-state index in [1.54, 1.807) is 6.07 Å². The van der Waals surface area contributed by atoms with Crippen LogP contribution >= 0.6 is 0 Å². The SMILES string of the molecule is CC[C@@H](C)NC(=O)Nc1cc(C(=O)O)ccc1C. The van der Waals surface area contributed by atoms with Gasteiger partial charge >= 0.3 is 12.0 Å². The highest BCUT2D eigenvalue weighted by molar-refractivity contribution is 5.94. The molecule has 5 nitrogen and oxygen atoms in total. The van der Waals surface area contributed by atoms with Crippen LogP contribution in [0, 0.1) is 6.92 Å². The summed E-state index contributed by atoms with van der Waals surface area (Å²) in [6, 6.07) is 4.38. The van der Waals surface area contributed by atoms with Crippen molar-refractivity contribution in [1.82, 2.24) is 5.32 Å². The van der Waals surface area contributed by atoms with Crippen LogP contribution in [0.15, 0.2) is 18.2 Å². The van der Waals surface area contributed by atoms with Crippen LogP contribution in [0.1, 0.15) is 36.2 Å². The Morgan fingerprint density at radius 3 is 2.61 bits per heavy atom. The van der Waals surface area contributed by atoms with Gasteiger partial charge in [0.2, 0.25) is 0 Å². The van der Waals surface area contributed by atoms with Crippen molar-refractivity contribution in [3.8, 4) is 0 Å². The zero-order valence-electron chi connectivity index (χ0n) is 10.8. The van der Waals surface area contributed by atoms with Gasteiger partial charge in [-0.25, -0.2) is 9.59 Å². The van der Waals surface area contributed by atoms with Gasteiger partial charge in [0.25, 0.3) is 0 Å². The van der Waals surface area contributed by atoms with E-state index in [0.717, 1.165) is 12.0 Å². The molecule has 5 heteroatoms. The summed E-state index contributed by atoms with van der Waals surface area (Å²) < 4.78 is 0. The summed E-state index contributed by atoms with van der Waals surface area (Å²) in [4.78, 5) is 22.5. The molecular weight excluding hydrogens is 232 g/mol. The Morgan fingerprint density at radius 1 is 1.39 bits per heavy atom. The number of carboxylic acids is 1. The normalized spacial score (nSPS) is 11.7. The van der Waals surface area contributed by atoms with Gasteiger partial charge in [-0.1, -0.05) is 13.0 Å². The van der Waals surface area contributed by atoms with Crippen molar-refractivity contribution in [2.45, 2.75) is 33.2 Å². The maximum absolute atomic E-state index is 11.6. The largest absolute Gasteiger partial charge is 0.478 e. The average molecular weight is 250 g/mol. The summed E-state index contributed by atoms with van der Waals surface area (Å²) in [7, 11) is 0. The van der Waals surface area contributed by atoms with Crippen LogP contribution in [0.3, 0.4) is 0 Å². The van der Waals surface area contributed by atoms with E-state index in [0.29, 0.717) is 5.69 Å². The van der Waals surface area contributed by atoms with Crippen molar-refractivity contribution < 1.29 is 14.7 Å². The van der Waals surface area contributed by atoms with E-state index in [1.807, 2.05) is 20.8 Å². The summed E-state index contributed by atoms with van der Waals surface area (Å²) in [6.45, 7) is 5.69. The molecule has 0 heterocycles. The molecule has 0 aliphatic carbocycles. The van der Waals surface area contributed by atoms with E-state index >= 15 is 0 Å². The monoisotopic (exact) mass is 250 g/mol. The second kappa shape index (κ2) is 6.05. The highest BCUT2D eigenvalue weighted by Crippen LogP contribution is 2.16. The molecule has 98 valence electrons. The predicted molar refractivity (Wildman–Crippen MR) is 70.0 cm³/mol. The van der Waals surface area contributed by atoms with Gasteiger partial charge in [-0.05, 0) is 38.0 Å². The van der Waals surface area contributed by atoms with Gasteiger partial charge in [0.05, 0.1) is 5.56 Å². The van der Waals surface area contributed by atoms with Gasteiger partial charge in [0, 0.05) is 11.7 Å². The lowest BCUT2D eigenvalue weighted by Crippen LogP contribution is -2.35. The number of nitrogens with one attached hydrogen (secondary N) is 2. The molecule has 0 bridgehead atoms. The molecule has 1 aromatic rings. The third-order valence-corrected chi connectivity index (χ3v) is 2.72. The van der Waals surface area contributed by atoms with E-state index in [2.05, 4.69) is 10.6 Å². The molecule has 0 fully saturated rings. The number of benzene rings is 1. The zero-order valence-corrected chi connectivity index (χ0v) is 10.8. The Kier molecular flexibility index (Phi) is 4.71. The number of anilines is 1. The molecule has 0 saturated heterocycles. The molecule has 0 aliphatic rings. The fourth-order valence-electron chi connectivity index (χ4n) is 1.37. The summed E-state index contributed by atoms with van der Waals surface area (Å²) in [5.41, 5.74) is 1.48. The third-order valence-electron chi connectivity index (χ3n) is 2.72. The van der Waals surface area contributed by atoms with Gasteiger partial charge in [-0.2, -0.15) is 0 Å². The first-order valence-corrected chi connectivity index (χ1v) is 5.85. The van der Waals surface area contributed by atoms with E-state index in [-0.39, 0.29) is 17.6 Å². The minimum absolute atomic E-state index is 0.0768. The number of urea groups is 1. The second-order valence-corrected chi connectivity index (χ2v) is 4.24. The smallest absolute Gasteiger partial charge is 0.335 e. The highest BCUT2D eigenvalue weighted by Gasteiger charge is 2.10. The summed E-state index contributed by atoms with van der Waals surface area (Å²) in [5, 5.41) is 14.3. The van der Waals surface area contributed by atoms with E-state index in [1.165, 1.54) is 12.1 Å². The molecule has 18 heavy (non-hydrogen) atoms. The number of aromatic carboxylic acids is 1. The van der Waals surface area contributed by atoms with E-state index in [4.69, 9.17) is 5.11 Å². The number of carbonyl (C=O) groups is 2. The Hall–Kier alpha value is -2.04. The molecule has 1 atom stereocenters. The average Bonchev–Trinajstić information content (AvgIpc) is 2.31. The maximum atomic E-state index is 11.6. The van der Waals surface area contributed by atoms with Crippen LogP contribution in [0.2, 0.25) is 0 Å². The van der Waals surface area contributed by atoms with Gasteiger partial charge in [-0.3, -0.25) is 0 Å². The van der Waals surface area contributed by atoms with Crippen LogP contribution in [-0.4, -0.2) is 23.1 Å². The molecule has 0 spiro atoms. The van der Waals surface area contributed by atoms with Crippen LogP contribution in [-0.2, 0) is 0 Å². The zero-order chi connectivity index (χ0) is 13.7. The standard InChI is InChI=1S/C13H18N2O3/c1-4-9(3)14-13(18)15-11-7-10(12(16)17)6-5-8(11)2/h5-7,9H,4H2,1-3H3,(H,16,17)(H2,14,15,18)/t9-/m1/s1.